The number of H-pyrrole nitrogens is 1. The summed E-state index contributed by atoms with van der Waals surface area (Å²) in [6.45, 7) is 0.0323. The summed E-state index contributed by atoms with van der Waals surface area (Å²) in [5.41, 5.74) is 5.20. The first-order valence-electron chi connectivity index (χ1n) is 9.48. The molecule has 0 aliphatic carbocycles. The molecule has 1 atom stereocenters. The lowest BCUT2D eigenvalue weighted by Gasteiger charge is -2.18. The van der Waals surface area contributed by atoms with Gasteiger partial charge in [0.15, 0.2) is 0 Å². The Kier molecular flexibility index (Phi) is 5.72. The molecule has 29 heavy (non-hydrogen) atoms. The van der Waals surface area contributed by atoms with Crippen molar-refractivity contribution in [1.82, 2.24) is 20.6 Å². The van der Waals surface area contributed by atoms with Gasteiger partial charge in [-0.2, -0.15) is 5.21 Å². The number of tetrazole rings is 1. The fourth-order valence-electron chi connectivity index (χ4n) is 3.51. The average molecular weight is 388 g/mol. The molecule has 0 aliphatic heterocycles. The van der Waals surface area contributed by atoms with Gasteiger partial charge < -0.3 is 5.11 Å². The van der Waals surface area contributed by atoms with Crippen molar-refractivity contribution >= 4 is 0 Å². The molecule has 0 saturated heterocycles. The SMILES string of the molecule is OCc1ccc(CC(Cc2cccc(-c3nn[nH]n3)c2)c2ccc(F)cc2)cc1. The molecule has 6 heteroatoms. The quantitative estimate of drug-likeness (QED) is 0.501. The molecule has 0 spiro atoms. The van der Waals surface area contributed by atoms with Crippen LogP contribution < -0.4 is 0 Å². The molecule has 0 saturated carbocycles. The molecule has 1 heterocycles. The van der Waals surface area contributed by atoms with Crippen LogP contribution in [0.3, 0.4) is 0 Å². The van der Waals surface area contributed by atoms with Gasteiger partial charge in [0, 0.05) is 5.56 Å². The molecule has 2 N–H and O–H groups in total. The third-order valence-corrected chi connectivity index (χ3v) is 5.04. The Morgan fingerprint density at radius 3 is 2.28 bits per heavy atom. The molecule has 0 radical (unpaired) electrons. The number of rotatable bonds is 7. The molecule has 0 aliphatic rings. The Labute approximate surface area is 168 Å². The van der Waals surface area contributed by atoms with Gasteiger partial charge in [-0.1, -0.05) is 54.6 Å². The van der Waals surface area contributed by atoms with Gasteiger partial charge >= 0.3 is 0 Å². The summed E-state index contributed by atoms with van der Waals surface area (Å²) in [5, 5.41) is 23.5. The number of aliphatic hydroxyl groups is 1. The average Bonchev–Trinajstić information content (AvgIpc) is 3.30. The predicted octanol–water partition coefficient (Wildman–Crippen LogP) is 4.07. The van der Waals surface area contributed by atoms with Crippen LogP contribution >= 0.6 is 0 Å². The molecule has 5 nitrogen and oxygen atoms in total. The highest BCUT2D eigenvalue weighted by Gasteiger charge is 2.15. The smallest absolute Gasteiger partial charge is 0.204 e. The van der Waals surface area contributed by atoms with E-state index in [1.165, 1.54) is 17.7 Å². The van der Waals surface area contributed by atoms with Crippen molar-refractivity contribution in [2.24, 2.45) is 0 Å². The number of nitrogens with zero attached hydrogens (tertiary/aromatic N) is 3. The summed E-state index contributed by atoms with van der Waals surface area (Å²) in [7, 11) is 0. The number of benzene rings is 3. The summed E-state index contributed by atoms with van der Waals surface area (Å²) in [6, 6.07) is 22.8. The van der Waals surface area contributed by atoms with Crippen molar-refractivity contribution in [3.63, 3.8) is 0 Å². The maximum atomic E-state index is 13.5. The van der Waals surface area contributed by atoms with Crippen molar-refractivity contribution in [1.29, 1.82) is 0 Å². The number of hydrogen-bond acceptors (Lipinski definition) is 4. The topological polar surface area (TPSA) is 74.7 Å². The summed E-state index contributed by atoms with van der Waals surface area (Å²) < 4.78 is 13.5. The number of nitrogens with one attached hydrogen (secondary N) is 1. The fourth-order valence-corrected chi connectivity index (χ4v) is 3.51. The zero-order valence-electron chi connectivity index (χ0n) is 15.8. The van der Waals surface area contributed by atoms with Crippen LogP contribution in [0.4, 0.5) is 4.39 Å². The number of aromatic amines is 1. The second kappa shape index (κ2) is 8.75. The van der Waals surface area contributed by atoms with E-state index < -0.39 is 0 Å². The molecule has 0 bridgehead atoms. The van der Waals surface area contributed by atoms with Crippen LogP contribution in [0.25, 0.3) is 11.4 Å². The van der Waals surface area contributed by atoms with E-state index in [1.54, 1.807) is 0 Å². The van der Waals surface area contributed by atoms with E-state index in [1.807, 2.05) is 48.5 Å². The third-order valence-electron chi connectivity index (χ3n) is 5.04. The van der Waals surface area contributed by atoms with Gasteiger partial charge in [-0.25, -0.2) is 4.39 Å². The van der Waals surface area contributed by atoms with Crippen molar-refractivity contribution in [2.75, 3.05) is 0 Å². The predicted molar refractivity (Wildman–Crippen MR) is 109 cm³/mol. The van der Waals surface area contributed by atoms with E-state index in [4.69, 9.17) is 0 Å². The molecule has 0 fully saturated rings. The van der Waals surface area contributed by atoms with Crippen LogP contribution in [0.15, 0.2) is 72.8 Å². The number of aromatic nitrogens is 4. The van der Waals surface area contributed by atoms with Crippen molar-refractivity contribution in [3.05, 3.63) is 101 Å². The Morgan fingerprint density at radius 2 is 1.59 bits per heavy atom. The lowest BCUT2D eigenvalue weighted by molar-refractivity contribution is 0.282. The van der Waals surface area contributed by atoms with E-state index in [-0.39, 0.29) is 18.3 Å². The van der Waals surface area contributed by atoms with Crippen LogP contribution in [0.2, 0.25) is 0 Å². The first-order valence-corrected chi connectivity index (χ1v) is 9.48. The van der Waals surface area contributed by atoms with E-state index in [0.29, 0.717) is 5.82 Å². The first-order chi connectivity index (χ1) is 14.2. The largest absolute Gasteiger partial charge is 0.392 e. The van der Waals surface area contributed by atoms with Crippen LogP contribution in [-0.4, -0.2) is 25.7 Å². The first kappa shape index (κ1) is 19.0. The number of hydrogen-bond donors (Lipinski definition) is 2. The number of aliphatic hydroxyl groups excluding tert-OH is 1. The Morgan fingerprint density at radius 1 is 0.862 bits per heavy atom. The van der Waals surface area contributed by atoms with Crippen LogP contribution in [-0.2, 0) is 19.4 Å². The van der Waals surface area contributed by atoms with E-state index in [9.17, 15) is 9.50 Å². The molecule has 0 amide bonds. The normalized spacial score (nSPS) is 12.1. The highest BCUT2D eigenvalue weighted by molar-refractivity contribution is 5.55. The minimum absolute atomic E-state index is 0.0323. The van der Waals surface area contributed by atoms with Crippen molar-refractivity contribution in [3.8, 4) is 11.4 Å². The van der Waals surface area contributed by atoms with Gasteiger partial charge in [-0.3, -0.25) is 0 Å². The minimum Gasteiger partial charge on any atom is -0.392 e. The lowest BCUT2D eigenvalue weighted by Crippen LogP contribution is -2.07. The van der Waals surface area contributed by atoms with Gasteiger partial charge in [0.05, 0.1) is 6.61 Å². The number of halogens is 1. The maximum absolute atomic E-state index is 13.5. The van der Waals surface area contributed by atoms with Crippen molar-refractivity contribution in [2.45, 2.75) is 25.4 Å². The van der Waals surface area contributed by atoms with Crippen molar-refractivity contribution < 1.29 is 9.50 Å². The van der Waals surface area contributed by atoms with Gasteiger partial charge in [0.2, 0.25) is 5.82 Å². The Hall–Kier alpha value is -3.38. The second-order valence-electron chi connectivity index (χ2n) is 7.07. The summed E-state index contributed by atoms with van der Waals surface area (Å²) in [6.07, 6.45) is 1.60. The second-order valence-corrected chi connectivity index (χ2v) is 7.07. The van der Waals surface area contributed by atoms with Crippen LogP contribution in [0.5, 0.6) is 0 Å². The zero-order chi connectivity index (χ0) is 20.1. The molecule has 1 aromatic heterocycles. The van der Waals surface area contributed by atoms with E-state index >= 15 is 0 Å². The van der Waals surface area contributed by atoms with E-state index in [0.717, 1.165) is 35.1 Å². The fraction of sp³-hybridized carbons (Fsp3) is 0.174. The molecule has 1 unspecified atom stereocenters. The maximum Gasteiger partial charge on any atom is 0.204 e. The van der Waals surface area contributed by atoms with Gasteiger partial charge in [0.1, 0.15) is 5.82 Å². The minimum atomic E-state index is -0.237. The molecule has 4 rings (SSSR count). The molecule has 4 aromatic rings. The highest BCUT2D eigenvalue weighted by atomic mass is 19.1. The van der Waals surface area contributed by atoms with E-state index in [2.05, 4.69) is 32.8 Å². The molecular formula is C23H21FN4O. The summed E-state index contributed by atoms with van der Waals surface area (Å²) >= 11 is 0. The summed E-state index contributed by atoms with van der Waals surface area (Å²) in [4.78, 5) is 0. The monoisotopic (exact) mass is 388 g/mol. The Bertz CT molecular complexity index is 1050. The summed E-state index contributed by atoms with van der Waals surface area (Å²) in [5.74, 6) is 0.500. The lowest BCUT2D eigenvalue weighted by atomic mass is 9.86. The van der Waals surface area contributed by atoms with Gasteiger partial charge in [-0.15, -0.1) is 10.2 Å². The third kappa shape index (κ3) is 4.73. The molecular weight excluding hydrogens is 367 g/mol. The van der Waals surface area contributed by atoms with Gasteiger partial charge in [0.25, 0.3) is 0 Å². The molecule has 3 aromatic carbocycles. The zero-order valence-corrected chi connectivity index (χ0v) is 15.8. The van der Waals surface area contributed by atoms with Gasteiger partial charge in [-0.05, 0) is 64.4 Å². The van der Waals surface area contributed by atoms with Crippen LogP contribution in [0.1, 0.15) is 28.2 Å². The molecule has 146 valence electrons. The standard InChI is InChI=1S/C23H21FN4O/c24-22-10-8-19(9-11-22)21(12-16-4-6-17(15-29)7-5-16)14-18-2-1-3-20(13-18)23-25-27-28-26-23/h1-11,13,21,29H,12,14-15H2,(H,25,26,27,28). The highest BCUT2D eigenvalue weighted by Crippen LogP contribution is 2.27. The Balaban J connectivity index is 1.61. The van der Waals surface area contributed by atoms with Crippen LogP contribution in [0, 0.1) is 5.82 Å².